The van der Waals surface area contributed by atoms with E-state index in [1.807, 2.05) is 6.07 Å². The first-order valence-electron chi connectivity index (χ1n) is 6.88. The van der Waals surface area contributed by atoms with Gasteiger partial charge in [0.1, 0.15) is 17.4 Å². The lowest BCUT2D eigenvalue weighted by Crippen LogP contribution is -2.43. The van der Waals surface area contributed by atoms with Gasteiger partial charge >= 0.3 is 11.8 Å². The lowest BCUT2D eigenvalue weighted by Gasteiger charge is -2.20. The highest BCUT2D eigenvalue weighted by atomic mass is 35.5. The van der Waals surface area contributed by atoms with Gasteiger partial charge in [0, 0.05) is 5.02 Å². The number of hydrogen-bond donors (Lipinski definition) is 3. The molecule has 1 unspecified atom stereocenters. The molecule has 8 heteroatoms. The van der Waals surface area contributed by atoms with Crippen molar-refractivity contribution in [3.05, 3.63) is 52.9 Å². The van der Waals surface area contributed by atoms with E-state index in [0.717, 1.165) is 0 Å². The number of carbonyl (C=O) groups is 2. The summed E-state index contributed by atoms with van der Waals surface area (Å²) in [7, 11) is 0. The molecule has 0 saturated heterocycles. The van der Waals surface area contributed by atoms with Crippen LogP contribution < -0.4 is 10.6 Å². The molecule has 1 heterocycles. The van der Waals surface area contributed by atoms with Crippen LogP contribution in [0.5, 0.6) is 0 Å². The van der Waals surface area contributed by atoms with E-state index in [1.54, 1.807) is 12.1 Å². The average Bonchev–Trinajstić information content (AvgIpc) is 3.08. The van der Waals surface area contributed by atoms with Crippen LogP contribution >= 0.6 is 11.6 Å². The van der Waals surface area contributed by atoms with Crippen LogP contribution in [0.3, 0.4) is 0 Å². The zero-order valence-corrected chi connectivity index (χ0v) is 13.4. The lowest BCUT2D eigenvalue weighted by atomic mass is 10.0. The number of halogens is 1. The Hall–Kier alpha value is -2.82. The van der Waals surface area contributed by atoms with Crippen LogP contribution in [-0.4, -0.2) is 23.5 Å². The number of anilines is 1. The van der Waals surface area contributed by atoms with Crippen LogP contribution in [0.2, 0.25) is 5.02 Å². The molecule has 2 amide bonds. The first kappa shape index (κ1) is 17.5. The maximum absolute atomic E-state index is 11.9. The van der Waals surface area contributed by atoms with Gasteiger partial charge in [-0.25, -0.2) is 0 Å². The number of amides is 2. The van der Waals surface area contributed by atoms with E-state index in [4.69, 9.17) is 21.3 Å². The van der Waals surface area contributed by atoms with Crippen molar-refractivity contribution in [2.24, 2.45) is 0 Å². The highest BCUT2D eigenvalue weighted by Crippen LogP contribution is 2.21. The quantitative estimate of drug-likeness (QED) is 0.729. The smallest absolute Gasteiger partial charge is 0.313 e. The number of nitriles is 1. The van der Waals surface area contributed by atoms with E-state index in [1.165, 1.54) is 31.4 Å². The van der Waals surface area contributed by atoms with Crippen molar-refractivity contribution in [2.75, 3.05) is 11.9 Å². The topological polar surface area (TPSA) is 115 Å². The number of furan rings is 1. The minimum atomic E-state index is -1.46. The van der Waals surface area contributed by atoms with Crippen molar-refractivity contribution in [3.8, 4) is 6.07 Å². The largest absolute Gasteiger partial charge is 0.466 e. The number of nitrogens with one attached hydrogen (secondary N) is 2. The molecular weight excluding hydrogens is 334 g/mol. The van der Waals surface area contributed by atoms with Crippen LogP contribution in [0.4, 0.5) is 5.69 Å². The first-order chi connectivity index (χ1) is 11.3. The fourth-order valence-electron chi connectivity index (χ4n) is 1.90. The van der Waals surface area contributed by atoms with E-state index < -0.39 is 17.4 Å². The van der Waals surface area contributed by atoms with Crippen LogP contribution in [0.1, 0.15) is 18.2 Å². The molecule has 7 nitrogen and oxygen atoms in total. The predicted molar refractivity (Wildman–Crippen MR) is 86.1 cm³/mol. The van der Waals surface area contributed by atoms with Crippen molar-refractivity contribution in [1.82, 2.24) is 5.32 Å². The molecule has 24 heavy (non-hydrogen) atoms. The van der Waals surface area contributed by atoms with Gasteiger partial charge in [0.25, 0.3) is 0 Å². The number of hydrogen-bond acceptors (Lipinski definition) is 5. The Balaban J connectivity index is 2.00. The Morgan fingerprint density at radius 1 is 1.38 bits per heavy atom. The van der Waals surface area contributed by atoms with Crippen LogP contribution in [-0.2, 0) is 15.2 Å². The maximum atomic E-state index is 11.9. The van der Waals surface area contributed by atoms with E-state index in [9.17, 15) is 14.7 Å². The van der Waals surface area contributed by atoms with Gasteiger partial charge in [-0.05, 0) is 37.3 Å². The molecule has 0 radical (unpaired) electrons. The number of carbonyl (C=O) groups excluding carboxylic acids is 2. The van der Waals surface area contributed by atoms with Crippen molar-refractivity contribution in [1.29, 1.82) is 5.26 Å². The minimum Gasteiger partial charge on any atom is -0.466 e. The average molecular weight is 348 g/mol. The van der Waals surface area contributed by atoms with Gasteiger partial charge < -0.3 is 20.2 Å². The van der Waals surface area contributed by atoms with Crippen LogP contribution in [0, 0.1) is 11.3 Å². The van der Waals surface area contributed by atoms with E-state index in [-0.39, 0.29) is 23.6 Å². The summed E-state index contributed by atoms with van der Waals surface area (Å²) >= 11 is 5.81. The zero-order valence-electron chi connectivity index (χ0n) is 12.7. The van der Waals surface area contributed by atoms with E-state index in [0.29, 0.717) is 5.02 Å². The fourth-order valence-corrected chi connectivity index (χ4v) is 2.07. The Morgan fingerprint density at radius 2 is 2.12 bits per heavy atom. The molecule has 0 spiro atoms. The van der Waals surface area contributed by atoms with Gasteiger partial charge in [0.15, 0.2) is 0 Å². The molecule has 0 saturated carbocycles. The van der Waals surface area contributed by atoms with Crippen LogP contribution in [0.15, 0.2) is 41.0 Å². The molecule has 0 aliphatic carbocycles. The molecule has 0 aliphatic heterocycles. The van der Waals surface area contributed by atoms with Crippen molar-refractivity contribution < 1.29 is 19.1 Å². The van der Waals surface area contributed by atoms with Gasteiger partial charge in [0.2, 0.25) is 0 Å². The second-order valence-electron chi connectivity index (χ2n) is 5.19. The van der Waals surface area contributed by atoms with Crippen molar-refractivity contribution >= 4 is 29.1 Å². The normalized spacial score (nSPS) is 12.8. The van der Waals surface area contributed by atoms with Crippen LogP contribution in [0.25, 0.3) is 0 Å². The standard InChI is InChI=1S/C16H14ClN3O4/c1-16(23,13-3-2-6-24-13)9-19-14(21)15(22)20-12-7-11(17)5-4-10(12)8-18/h2-7,23H,9H2,1H3,(H,19,21)(H,20,22). The second-order valence-corrected chi connectivity index (χ2v) is 5.63. The van der Waals surface area contributed by atoms with Gasteiger partial charge in [0.05, 0.1) is 24.1 Å². The van der Waals surface area contributed by atoms with Gasteiger partial charge in [-0.15, -0.1) is 0 Å². The molecule has 0 fully saturated rings. The number of benzene rings is 1. The highest BCUT2D eigenvalue weighted by molar-refractivity contribution is 6.40. The molecule has 1 aromatic carbocycles. The monoisotopic (exact) mass is 347 g/mol. The maximum Gasteiger partial charge on any atom is 0.313 e. The Kier molecular flexibility index (Phi) is 5.24. The van der Waals surface area contributed by atoms with Gasteiger partial charge in [-0.1, -0.05) is 11.6 Å². The third-order valence-corrected chi connectivity index (χ3v) is 3.44. The summed E-state index contributed by atoms with van der Waals surface area (Å²) in [6, 6.07) is 9.33. The molecule has 1 aromatic heterocycles. The summed E-state index contributed by atoms with van der Waals surface area (Å²) in [6.07, 6.45) is 1.39. The number of rotatable bonds is 4. The summed E-state index contributed by atoms with van der Waals surface area (Å²) in [6.45, 7) is 1.21. The molecular formula is C16H14ClN3O4. The SMILES string of the molecule is CC(O)(CNC(=O)C(=O)Nc1cc(Cl)ccc1C#N)c1ccco1. The molecule has 0 aliphatic rings. The Morgan fingerprint density at radius 3 is 2.75 bits per heavy atom. The van der Waals surface area contributed by atoms with Crippen molar-refractivity contribution in [2.45, 2.75) is 12.5 Å². The number of aliphatic hydroxyl groups is 1. The molecule has 0 bridgehead atoms. The first-order valence-corrected chi connectivity index (χ1v) is 7.26. The fraction of sp³-hybridized carbons (Fsp3) is 0.188. The summed E-state index contributed by atoms with van der Waals surface area (Å²) < 4.78 is 5.08. The molecule has 124 valence electrons. The van der Waals surface area contributed by atoms with E-state index in [2.05, 4.69) is 10.6 Å². The molecule has 1 atom stereocenters. The highest BCUT2D eigenvalue weighted by Gasteiger charge is 2.28. The van der Waals surface area contributed by atoms with E-state index >= 15 is 0 Å². The minimum absolute atomic E-state index is 0.128. The summed E-state index contributed by atoms with van der Waals surface area (Å²) in [5.41, 5.74) is -1.17. The Labute approximate surface area is 142 Å². The molecule has 2 aromatic rings. The van der Waals surface area contributed by atoms with Crippen molar-refractivity contribution in [3.63, 3.8) is 0 Å². The molecule has 3 N–H and O–H groups in total. The Bertz CT molecular complexity index is 794. The molecule has 2 rings (SSSR count). The van der Waals surface area contributed by atoms with Gasteiger partial charge in [-0.3, -0.25) is 9.59 Å². The lowest BCUT2D eigenvalue weighted by molar-refractivity contribution is -0.136. The number of nitrogens with zero attached hydrogens (tertiary/aromatic N) is 1. The summed E-state index contributed by atoms with van der Waals surface area (Å²) in [5.74, 6) is -1.69. The third-order valence-electron chi connectivity index (χ3n) is 3.20. The third kappa shape index (κ3) is 4.13. The zero-order chi connectivity index (χ0) is 17.7. The summed E-state index contributed by atoms with van der Waals surface area (Å²) in [4.78, 5) is 23.8. The van der Waals surface area contributed by atoms with Gasteiger partial charge in [-0.2, -0.15) is 5.26 Å². The predicted octanol–water partition coefficient (Wildman–Crippen LogP) is 1.77. The second kappa shape index (κ2) is 7.17. The summed E-state index contributed by atoms with van der Waals surface area (Å²) in [5, 5.41) is 24.1.